The van der Waals surface area contributed by atoms with Crippen molar-refractivity contribution in [1.82, 2.24) is 0 Å². The van der Waals surface area contributed by atoms with Crippen LogP contribution < -0.4 is 4.90 Å². The molecular formula is C22H22N2. The first kappa shape index (κ1) is 16.0. The largest absolute Gasteiger partial charge is 0.339 e. The van der Waals surface area contributed by atoms with Crippen molar-refractivity contribution in [2.45, 2.75) is 19.9 Å². The lowest BCUT2D eigenvalue weighted by molar-refractivity contribution is 0.789. The third kappa shape index (κ3) is 3.90. The van der Waals surface area contributed by atoms with Crippen molar-refractivity contribution < 1.29 is 0 Å². The van der Waals surface area contributed by atoms with E-state index in [1.54, 1.807) is 0 Å². The molecule has 2 heteroatoms. The van der Waals surface area contributed by atoms with Crippen molar-refractivity contribution in [2.75, 3.05) is 4.90 Å². The first-order valence-electron chi connectivity index (χ1n) is 8.27. The lowest BCUT2D eigenvalue weighted by Crippen LogP contribution is -2.25. The van der Waals surface area contributed by atoms with E-state index in [0.29, 0.717) is 6.04 Å². The molecule has 24 heavy (non-hydrogen) atoms. The van der Waals surface area contributed by atoms with E-state index in [1.165, 1.54) is 11.4 Å². The van der Waals surface area contributed by atoms with Crippen LogP contribution in [-0.2, 0) is 0 Å². The summed E-state index contributed by atoms with van der Waals surface area (Å²) in [6.45, 7) is 4.41. The SMILES string of the molecule is CC(C)N(c1ccccc1)c1ccc(N=Cc2ccccc2)cc1. The molecule has 0 heterocycles. The zero-order valence-electron chi connectivity index (χ0n) is 14.1. The Morgan fingerprint density at radius 3 is 1.83 bits per heavy atom. The summed E-state index contributed by atoms with van der Waals surface area (Å²) < 4.78 is 0. The van der Waals surface area contributed by atoms with E-state index >= 15 is 0 Å². The van der Waals surface area contributed by atoms with Gasteiger partial charge in [0.1, 0.15) is 0 Å². The van der Waals surface area contributed by atoms with E-state index in [9.17, 15) is 0 Å². The van der Waals surface area contributed by atoms with Crippen LogP contribution in [0.4, 0.5) is 17.1 Å². The Bertz CT molecular complexity index is 775. The van der Waals surface area contributed by atoms with Crippen molar-refractivity contribution in [3.05, 3.63) is 90.5 Å². The zero-order valence-corrected chi connectivity index (χ0v) is 14.1. The third-order valence-corrected chi connectivity index (χ3v) is 3.84. The van der Waals surface area contributed by atoms with Gasteiger partial charge in [-0.3, -0.25) is 4.99 Å². The van der Waals surface area contributed by atoms with Crippen LogP contribution in [0.2, 0.25) is 0 Å². The number of hydrogen-bond acceptors (Lipinski definition) is 2. The van der Waals surface area contributed by atoms with Crippen molar-refractivity contribution in [2.24, 2.45) is 4.99 Å². The molecule has 3 rings (SSSR count). The van der Waals surface area contributed by atoms with Gasteiger partial charge in [-0.1, -0.05) is 48.5 Å². The van der Waals surface area contributed by atoms with Gasteiger partial charge < -0.3 is 4.90 Å². The van der Waals surface area contributed by atoms with Crippen LogP contribution in [-0.4, -0.2) is 12.3 Å². The second-order valence-corrected chi connectivity index (χ2v) is 5.98. The summed E-state index contributed by atoms with van der Waals surface area (Å²) in [5, 5.41) is 0. The first-order valence-corrected chi connectivity index (χ1v) is 8.27. The van der Waals surface area contributed by atoms with Crippen LogP contribution in [0.1, 0.15) is 19.4 Å². The van der Waals surface area contributed by atoms with Crippen LogP contribution in [0, 0.1) is 0 Å². The molecule has 0 saturated carbocycles. The normalized spacial score (nSPS) is 11.1. The van der Waals surface area contributed by atoms with Gasteiger partial charge in [0.2, 0.25) is 0 Å². The fraction of sp³-hybridized carbons (Fsp3) is 0.136. The maximum atomic E-state index is 4.55. The van der Waals surface area contributed by atoms with Gasteiger partial charge in [0, 0.05) is 23.6 Å². The Morgan fingerprint density at radius 1 is 0.708 bits per heavy atom. The summed E-state index contributed by atoms with van der Waals surface area (Å²) in [5.41, 5.74) is 4.44. The summed E-state index contributed by atoms with van der Waals surface area (Å²) in [7, 11) is 0. The average Bonchev–Trinajstić information content (AvgIpc) is 2.63. The highest BCUT2D eigenvalue weighted by molar-refractivity contribution is 5.82. The molecule has 2 nitrogen and oxygen atoms in total. The van der Waals surface area contributed by atoms with Crippen LogP contribution in [0.25, 0.3) is 0 Å². The predicted molar refractivity (Wildman–Crippen MR) is 104 cm³/mol. The van der Waals surface area contributed by atoms with Crippen molar-refractivity contribution in [3.8, 4) is 0 Å². The third-order valence-electron chi connectivity index (χ3n) is 3.84. The average molecular weight is 314 g/mol. The molecule has 0 bridgehead atoms. The van der Waals surface area contributed by atoms with E-state index in [-0.39, 0.29) is 0 Å². The second kappa shape index (κ2) is 7.60. The standard InChI is InChI=1S/C22H22N2/c1-18(2)24(21-11-7-4-8-12-21)22-15-13-20(14-16-22)23-17-19-9-5-3-6-10-19/h3-18H,1-2H3. The molecule has 0 aromatic heterocycles. The van der Waals surface area contributed by atoms with Gasteiger partial charge in [0.05, 0.1) is 5.69 Å². The molecule has 0 unspecified atom stereocenters. The topological polar surface area (TPSA) is 15.6 Å². The van der Waals surface area contributed by atoms with E-state index in [2.05, 4.69) is 72.3 Å². The van der Waals surface area contributed by atoms with Crippen LogP contribution in [0.3, 0.4) is 0 Å². The van der Waals surface area contributed by atoms with E-state index in [0.717, 1.165) is 11.3 Å². The number of rotatable bonds is 5. The van der Waals surface area contributed by atoms with Crippen LogP contribution >= 0.6 is 0 Å². The molecule has 3 aromatic carbocycles. The van der Waals surface area contributed by atoms with Gasteiger partial charge >= 0.3 is 0 Å². The van der Waals surface area contributed by atoms with Gasteiger partial charge in [-0.05, 0) is 55.8 Å². The Morgan fingerprint density at radius 2 is 1.25 bits per heavy atom. The van der Waals surface area contributed by atoms with Crippen molar-refractivity contribution in [1.29, 1.82) is 0 Å². The second-order valence-electron chi connectivity index (χ2n) is 5.98. The summed E-state index contributed by atoms with van der Waals surface area (Å²) in [6, 6.07) is 29.4. The maximum absolute atomic E-state index is 4.55. The van der Waals surface area contributed by atoms with E-state index < -0.39 is 0 Å². The molecular weight excluding hydrogens is 292 g/mol. The highest BCUT2D eigenvalue weighted by Gasteiger charge is 2.12. The van der Waals surface area contributed by atoms with Gasteiger partial charge in [0.15, 0.2) is 0 Å². The van der Waals surface area contributed by atoms with Crippen LogP contribution in [0.5, 0.6) is 0 Å². The smallest absolute Gasteiger partial charge is 0.0631 e. The number of benzene rings is 3. The molecule has 0 aliphatic heterocycles. The lowest BCUT2D eigenvalue weighted by Gasteiger charge is -2.29. The number of nitrogens with zero attached hydrogens (tertiary/aromatic N) is 2. The fourth-order valence-corrected chi connectivity index (χ4v) is 2.72. The zero-order chi connectivity index (χ0) is 16.8. The molecule has 0 N–H and O–H groups in total. The maximum Gasteiger partial charge on any atom is 0.0631 e. The monoisotopic (exact) mass is 314 g/mol. The van der Waals surface area contributed by atoms with Gasteiger partial charge in [-0.25, -0.2) is 0 Å². The molecule has 0 fully saturated rings. The summed E-state index contributed by atoms with van der Waals surface area (Å²) in [4.78, 5) is 6.88. The Kier molecular flexibility index (Phi) is 5.07. The fourth-order valence-electron chi connectivity index (χ4n) is 2.72. The number of anilines is 2. The van der Waals surface area contributed by atoms with Gasteiger partial charge in [-0.15, -0.1) is 0 Å². The molecule has 0 aliphatic carbocycles. The summed E-state index contributed by atoms with van der Waals surface area (Å²) in [5.74, 6) is 0. The molecule has 0 atom stereocenters. The molecule has 3 aromatic rings. The van der Waals surface area contributed by atoms with Gasteiger partial charge in [-0.2, -0.15) is 0 Å². The molecule has 120 valence electrons. The number of para-hydroxylation sites is 1. The van der Waals surface area contributed by atoms with E-state index in [1.807, 2.05) is 42.6 Å². The van der Waals surface area contributed by atoms with E-state index in [4.69, 9.17) is 0 Å². The molecule has 0 amide bonds. The first-order chi connectivity index (χ1) is 11.7. The highest BCUT2D eigenvalue weighted by Crippen LogP contribution is 2.29. The molecule has 0 saturated heterocycles. The molecule has 0 radical (unpaired) electrons. The summed E-state index contributed by atoms with van der Waals surface area (Å²) in [6.07, 6.45) is 1.90. The Balaban J connectivity index is 1.81. The van der Waals surface area contributed by atoms with Crippen molar-refractivity contribution in [3.63, 3.8) is 0 Å². The minimum absolute atomic E-state index is 0.381. The van der Waals surface area contributed by atoms with Crippen LogP contribution in [0.15, 0.2) is 89.9 Å². The highest BCUT2D eigenvalue weighted by atomic mass is 15.2. The van der Waals surface area contributed by atoms with Crippen molar-refractivity contribution >= 4 is 23.3 Å². The number of hydrogen-bond donors (Lipinski definition) is 0. The minimum atomic E-state index is 0.381. The Labute approximate surface area is 144 Å². The summed E-state index contributed by atoms with van der Waals surface area (Å²) >= 11 is 0. The molecule has 0 aliphatic rings. The minimum Gasteiger partial charge on any atom is -0.339 e. The lowest BCUT2D eigenvalue weighted by atomic mass is 10.2. The molecule has 0 spiro atoms. The van der Waals surface area contributed by atoms with Gasteiger partial charge in [0.25, 0.3) is 0 Å². The Hall–Kier alpha value is -2.87. The number of aliphatic imine (C=N–C) groups is 1. The quantitative estimate of drug-likeness (QED) is 0.529. The predicted octanol–water partition coefficient (Wildman–Crippen LogP) is 5.98.